The highest BCUT2D eigenvalue weighted by Crippen LogP contribution is 2.19. The first-order chi connectivity index (χ1) is 13.1. The molecule has 0 aliphatic heterocycles. The van der Waals surface area contributed by atoms with Crippen LogP contribution >= 0.6 is 0 Å². The van der Waals surface area contributed by atoms with Crippen LogP contribution in [0.4, 0.5) is 13.2 Å². The van der Waals surface area contributed by atoms with E-state index in [2.05, 4.69) is 14.8 Å². The minimum absolute atomic E-state index is 0.0559. The lowest BCUT2D eigenvalue weighted by atomic mass is 10.2. The van der Waals surface area contributed by atoms with E-state index in [1.165, 1.54) is 48.5 Å². The van der Waals surface area contributed by atoms with Crippen LogP contribution in [-0.4, -0.2) is 33.7 Å². The third-order valence-corrected chi connectivity index (χ3v) is 5.10. The molecule has 0 fully saturated rings. The van der Waals surface area contributed by atoms with Gasteiger partial charge in [-0.05, 0) is 42.0 Å². The van der Waals surface area contributed by atoms with Gasteiger partial charge < -0.3 is 10.1 Å². The van der Waals surface area contributed by atoms with Crippen LogP contribution in [0.1, 0.15) is 22.8 Å². The fourth-order valence-electron chi connectivity index (χ4n) is 2.21. The van der Waals surface area contributed by atoms with E-state index >= 15 is 0 Å². The van der Waals surface area contributed by atoms with Crippen molar-refractivity contribution in [2.75, 3.05) is 13.2 Å². The van der Waals surface area contributed by atoms with E-state index in [1.54, 1.807) is 6.92 Å². The molecule has 0 spiro atoms. The molecule has 0 saturated carbocycles. The van der Waals surface area contributed by atoms with Gasteiger partial charge in [-0.25, -0.2) is 13.1 Å². The number of carbonyl (C=O) groups excluding carboxylic acids is 1. The lowest BCUT2D eigenvalue weighted by molar-refractivity contribution is -0.153. The molecule has 0 aromatic heterocycles. The Morgan fingerprint density at radius 3 is 2.18 bits per heavy atom. The molecule has 2 rings (SSSR count). The molecule has 0 atom stereocenters. The van der Waals surface area contributed by atoms with E-state index in [-0.39, 0.29) is 29.3 Å². The fraction of sp³-hybridized carbons (Fsp3) is 0.278. The summed E-state index contributed by atoms with van der Waals surface area (Å²) in [6, 6.07) is 11.3. The van der Waals surface area contributed by atoms with Crippen molar-refractivity contribution in [3.05, 3.63) is 59.7 Å². The van der Waals surface area contributed by atoms with Gasteiger partial charge >= 0.3 is 6.18 Å². The average Bonchev–Trinajstić information content (AvgIpc) is 2.65. The van der Waals surface area contributed by atoms with Gasteiger partial charge in [0, 0.05) is 18.7 Å². The van der Waals surface area contributed by atoms with Crippen LogP contribution in [0.2, 0.25) is 0 Å². The minimum Gasteiger partial charge on any atom is -0.484 e. The first-order valence-electron chi connectivity index (χ1n) is 8.27. The monoisotopic (exact) mass is 416 g/mol. The number of nitrogens with one attached hydrogen (secondary N) is 2. The van der Waals surface area contributed by atoms with Gasteiger partial charge in [-0.2, -0.15) is 13.2 Å². The molecule has 0 aliphatic rings. The van der Waals surface area contributed by atoms with Crippen LogP contribution in [0.5, 0.6) is 5.75 Å². The Balaban J connectivity index is 1.91. The summed E-state index contributed by atoms with van der Waals surface area (Å²) in [4.78, 5) is 12.2. The third-order valence-electron chi connectivity index (χ3n) is 3.54. The van der Waals surface area contributed by atoms with E-state index in [1.807, 2.05) is 0 Å². The van der Waals surface area contributed by atoms with Gasteiger partial charge in [0.15, 0.2) is 6.61 Å². The van der Waals surface area contributed by atoms with Gasteiger partial charge in [0.05, 0.1) is 4.90 Å². The highest BCUT2D eigenvalue weighted by molar-refractivity contribution is 7.89. The molecule has 0 radical (unpaired) electrons. The second-order valence-corrected chi connectivity index (χ2v) is 7.52. The minimum atomic E-state index is -4.41. The first-order valence-corrected chi connectivity index (χ1v) is 9.75. The van der Waals surface area contributed by atoms with Crippen LogP contribution in [0.15, 0.2) is 53.4 Å². The van der Waals surface area contributed by atoms with Crippen molar-refractivity contribution in [2.45, 2.75) is 24.5 Å². The van der Waals surface area contributed by atoms with E-state index in [9.17, 15) is 26.4 Å². The highest BCUT2D eigenvalue weighted by atomic mass is 32.2. The number of alkyl halides is 3. The van der Waals surface area contributed by atoms with E-state index in [4.69, 9.17) is 0 Å². The number of hydrogen-bond donors (Lipinski definition) is 2. The molecule has 10 heteroatoms. The van der Waals surface area contributed by atoms with Crippen LogP contribution in [0.3, 0.4) is 0 Å². The number of hydrogen-bond acceptors (Lipinski definition) is 4. The second kappa shape index (κ2) is 9.07. The second-order valence-electron chi connectivity index (χ2n) is 5.76. The zero-order chi connectivity index (χ0) is 20.8. The standard InChI is InChI=1S/C18H19F3N2O4S/c1-2-23-28(25,26)16-9-5-14(6-10-16)17(24)22-11-13-3-7-15(8-4-13)27-12-18(19,20)21/h3-10,23H,2,11-12H2,1H3,(H,22,24). The molecule has 152 valence electrons. The summed E-state index contributed by atoms with van der Waals surface area (Å²) in [6.07, 6.45) is -4.41. The molecule has 6 nitrogen and oxygen atoms in total. The van der Waals surface area contributed by atoms with Crippen LogP contribution in [0, 0.1) is 0 Å². The van der Waals surface area contributed by atoms with Crippen molar-refractivity contribution in [3.8, 4) is 5.75 Å². The van der Waals surface area contributed by atoms with Crippen LogP contribution in [0.25, 0.3) is 0 Å². The normalized spacial score (nSPS) is 11.9. The number of benzene rings is 2. The Morgan fingerprint density at radius 1 is 1.04 bits per heavy atom. The number of ether oxygens (including phenoxy) is 1. The average molecular weight is 416 g/mol. The molecular formula is C18H19F3N2O4S. The van der Waals surface area contributed by atoms with Crippen molar-refractivity contribution >= 4 is 15.9 Å². The Hall–Kier alpha value is -2.59. The number of rotatable bonds is 8. The molecule has 2 aromatic carbocycles. The molecule has 2 aromatic rings. The fourth-order valence-corrected chi connectivity index (χ4v) is 3.25. The Bertz CT molecular complexity index is 896. The zero-order valence-electron chi connectivity index (χ0n) is 14.9. The Morgan fingerprint density at radius 2 is 1.64 bits per heavy atom. The Labute approximate surface area is 160 Å². The molecule has 0 heterocycles. The predicted molar refractivity (Wildman–Crippen MR) is 96.5 cm³/mol. The van der Waals surface area contributed by atoms with Gasteiger partial charge in [-0.1, -0.05) is 19.1 Å². The highest BCUT2D eigenvalue weighted by Gasteiger charge is 2.28. The van der Waals surface area contributed by atoms with Crippen molar-refractivity contribution in [1.29, 1.82) is 0 Å². The maximum absolute atomic E-state index is 12.2. The molecule has 2 N–H and O–H groups in total. The van der Waals surface area contributed by atoms with Crippen molar-refractivity contribution in [2.24, 2.45) is 0 Å². The van der Waals surface area contributed by atoms with Crippen molar-refractivity contribution in [1.82, 2.24) is 10.0 Å². The number of amides is 1. The van der Waals surface area contributed by atoms with Crippen LogP contribution < -0.4 is 14.8 Å². The molecular weight excluding hydrogens is 397 g/mol. The van der Waals surface area contributed by atoms with Gasteiger partial charge in [-0.15, -0.1) is 0 Å². The maximum Gasteiger partial charge on any atom is 0.422 e. The first kappa shape index (κ1) is 21.7. The summed E-state index contributed by atoms with van der Waals surface area (Å²) in [5.74, 6) is -0.338. The van der Waals surface area contributed by atoms with E-state index < -0.39 is 28.7 Å². The summed E-state index contributed by atoms with van der Waals surface area (Å²) >= 11 is 0. The SMILES string of the molecule is CCNS(=O)(=O)c1ccc(C(=O)NCc2ccc(OCC(F)(F)F)cc2)cc1. The lowest BCUT2D eigenvalue weighted by Gasteiger charge is -2.10. The van der Waals surface area contributed by atoms with Crippen molar-refractivity contribution in [3.63, 3.8) is 0 Å². The smallest absolute Gasteiger partial charge is 0.422 e. The number of sulfonamides is 1. The topological polar surface area (TPSA) is 84.5 Å². The summed E-state index contributed by atoms with van der Waals surface area (Å²) in [6.45, 7) is 0.692. The Kier molecular flexibility index (Phi) is 7.03. The summed E-state index contributed by atoms with van der Waals surface area (Å²) in [5.41, 5.74) is 0.944. The molecule has 1 amide bonds. The quantitative estimate of drug-likeness (QED) is 0.693. The molecule has 0 unspecified atom stereocenters. The van der Waals surface area contributed by atoms with Gasteiger partial charge in [0.25, 0.3) is 5.91 Å². The molecule has 28 heavy (non-hydrogen) atoms. The van der Waals surface area contributed by atoms with E-state index in [0.29, 0.717) is 5.56 Å². The van der Waals surface area contributed by atoms with Gasteiger partial charge in [-0.3, -0.25) is 4.79 Å². The van der Waals surface area contributed by atoms with Crippen LogP contribution in [-0.2, 0) is 16.6 Å². The third kappa shape index (κ3) is 6.54. The maximum atomic E-state index is 12.2. The predicted octanol–water partition coefficient (Wildman–Crippen LogP) is 2.86. The molecule has 0 bridgehead atoms. The summed E-state index contributed by atoms with van der Waals surface area (Å²) in [7, 11) is -3.59. The number of carbonyl (C=O) groups is 1. The van der Waals surface area contributed by atoms with E-state index in [0.717, 1.165) is 0 Å². The van der Waals surface area contributed by atoms with Gasteiger partial charge in [0.2, 0.25) is 10.0 Å². The largest absolute Gasteiger partial charge is 0.484 e. The van der Waals surface area contributed by atoms with Gasteiger partial charge in [0.1, 0.15) is 5.75 Å². The number of halogens is 3. The molecule has 0 saturated heterocycles. The molecule has 0 aliphatic carbocycles. The summed E-state index contributed by atoms with van der Waals surface area (Å²) in [5, 5.41) is 2.65. The summed E-state index contributed by atoms with van der Waals surface area (Å²) < 4.78 is 67.0. The van der Waals surface area contributed by atoms with Crippen molar-refractivity contribution < 1.29 is 31.1 Å². The zero-order valence-corrected chi connectivity index (χ0v) is 15.7. The lowest BCUT2D eigenvalue weighted by Crippen LogP contribution is -2.24.